The first-order valence-corrected chi connectivity index (χ1v) is 13.0. The summed E-state index contributed by atoms with van der Waals surface area (Å²) in [5.41, 5.74) is 2.30. The lowest BCUT2D eigenvalue weighted by molar-refractivity contribution is -0.123. The molecule has 0 saturated carbocycles. The van der Waals surface area contributed by atoms with Crippen LogP contribution in [0.3, 0.4) is 0 Å². The van der Waals surface area contributed by atoms with Gasteiger partial charge in [-0.15, -0.1) is 0 Å². The lowest BCUT2D eigenvalue weighted by Crippen LogP contribution is -2.42. The molecule has 2 saturated heterocycles. The highest BCUT2D eigenvalue weighted by Crippen LogP contribution is 2.30. The first-order valence-electron chi connectivity index (χ1n) is 11.5. The molecule has 10 heteroatoms. The number of nitrogens with zero attached hydrogens (tertiary/aromatic N) is 1. The summed E-state index contributed by atoms with van der Waals surface area (Å²) < 4.78 is 28.1. The summed E-state index contributed by atoms with van der Waals surface area (Å²) in [7, 11) is -3.65. The molecule has 0 unspecified atom stereocenters. The molecule has 4 rings (SSSR count). The molecule has 186 valence electrons. The highest BCUT2D eigenvalue weighted by Gasteiger charge is 2.43. The van der Waals surface area contributed by atoms with Crippen molar-refractivity contribution in [3.63, 3.8) is 0 Å². The van der Waals surface area contributed by atoms with Gasteiger partial charge in [0.05, 0.1) is 4.90 Å². The number of carbonyl (C=O) groups excluding carboxylic acids is 3. The van der Waals surface area contributed by atoms with Crippen LogP contribution in [0.5, 0.6) is 0 Å². The molecule has 9 nitrogen and oxygen atoms in total. The van der Waals surface area contributed by atoms with Gasteiger partial charge in [0.2, 0.25) is 15.9 Å². The quantitative estimate of drug-likeness (QED) is 0.547. The van der Waals surface area contributed by atoms with Gasteiger partial charge in [0.25, 0.3) is 5.91 Å². The Morgan fingerprint density at radius 3 is 2.26 bits per heavy atom. The zero-order valence-electron chi connectivity index (χ0n) is 20.3. The number of aryl methyl sites for hydroxylation is 3. The third-order valence-electron chi connectivity index (χ3n) is 6.78. The van der Waals surface area contributed by atoms with Gasteiger partial charge in [0.15, 0.2) is 0 Å². The third-order valence-corrected chi connectivity index (χ3v) is 8.98. The van der Waals surface area contributed by atoms with E-state index in [-0.39, 0.29) is 24.9 Å². The topological polar surface area (TPSA) is 125 Å². The molecule has 1 atom stereocenters. The molecule has 0 radical (unpaired) electrons. The minimum Gasteiger partial charge on any atom is -0.326 e. The van der Waals surface area contributed by atoms with Crippen LogP contribution in [-0.2, 0) is 25.2 Å². The fraction of sp³-hybridized carbons (Fsp3) is 0.400. The summed E-state index contributed by atoms with van der Waals surface area (Å²) in [5, 5.41) is 7.71. The van der Waals surface area contributed by atoms with Crippen LogP contribution in [0.15, 0.2) is 41.3 Å². The molecule has 2 aliphatic rings. The summed E-state index contributed by atoms with van der Waals surface area (Å²) in [4.78, 5) is 37.1. The van der Waals surface area contributed by atoms with E-state index in [0.717, 1.165) is 16.7 Å². The van der Waals surface area contributed by atoms with Gasteiger partial charge in [0, 0.05) is 24.7 Å². The number of amides is 4. The first kappa shape index (κ1) is 24.9. The Balaban J connectivity index is 1.43. The fourth-order valence-corrected chi connectivity index (χ4v) is 6.84. The van der Waals surface area contributed by atoms with E-state index in [1.165, 1.54) is 4.31 Å². The maximum atomic E-state index is 13.3. The number of carbonyl (C=O) groups is 3. The molecule has 3 N–H and O–H groups in total. The number of hydrogen-bond acceptors (Lipinski definition) is 5. The molecule has 0 aliphatic carbocycles. The maximum absolute atomic E-state index is 13.3. The Kier molecular flexibility index (Phi) is 6.46. The van der Waals surface area contributed by atoms with Gasteiger partial charge < -0.3 is 10.6 Å². The molecule has 2 aromatic carbocycles. The fourth-order valence-electron chi connectivity index (χ4n) is 4.96. The monoisotopic (exact) mass is 498 g/mol. The van der Waals surface area contributed by atoms with E-state index < -0.39 is 27.5 Å². The van der Waals surface area contributed by atoms with Crippen molar-refractivity contribution in [3.8, 4) is 0 Å². The Bertz CT molecular complexity index is 1290. The van der Waals surface area contributed by atoms with Crippen LogP contribution in [0.4, 0.5) is 10.5 Å². The molecule has 2 aliphatic heterocycles. The second-order valence-electron chi connectivity index (χ2n) is 9.51. The predicted octanol–water partition coefficient (Wildman–Crippen LogP) is 2.71. The lowest BCUT2D eigenvalue weighted by atomic mass is 9.91. The molecule has 2 heterocycles. The average molecular weight is 499 g/mol. The summed E-state index contributed by atoms with van der Waals surface area (Å²) in [6.07, 6.45) is 0.815. The van der Waals surface area contributed by atoms with E-state index in [2.05, 4.69) is 16.0 Å². The Labute approximate surface area is 205 Å². The van der Waals surface area contributed by atoms with E-state index in [0.29, 0.717) is 29.0 Å². The normalized spacial score (nSPS) is 21.5. The minimum atomic E-state index is -3.65. The highest BCUT2D eigenvalue weighted by atomic mass is 32.2. The summed E-state index contributed by atoms with van der Waals surface area (Å²) >= 11 is 0. The number of anilines is 1. The van der Waals surface area contributed by atoms with Crippen molar-refractivity contribution in [2.75, 3.05) is 18.4 Å². The Hall–Kier alpha value is -3.24. The predicted molar refractivity (Wildman–Crippen MR) is 131 cm³/mol. The van der Waals surface area contributed by atoms with E-state index >= 15 is 0 Å². The highest BCUT2D eigenvalue weighted by molar-refractivity contribution is 7.89. The standard InChI is InChI=1S/C25H30N4O5S/c1-15-12-16(2)21(17(3)13-15)35(33,34)29-10-8-18(9-11-29)22(30)26-20-7-5-6-19(14-20)25(4)23(31)27-24(32)28-25/h5-7,12-14,18H,8-11H2,1-4H3,(H,26,30)(H2,27,28,31,32)/t25-/m1/s1. The smallest absolute Gasteiger partial charge is 0.322 e. The van der Waals surface area contributed by atoms with Crippen LogP contribution in [-0.4, -0.2) is 43.7 Å². The molecule has 2 aromatic rings. The Morgan fingerprint density at radius 1 is 1.06 bits per heavy atom. The SMILES string of the molecule is Cc1cc(C)c(S(=O)(=O)N2CCC(C(=O)Nc3cccc([C@@]4(C)NC(=O)NC4=O)c3)CC2)c(C)c1. The van der Waals surface area contributed by atoms with Crippen molar-refractivity contribution in [1.82, 2.24) is 14.9 Å². The number of imide groups is 1. The average Bonchev–Trinajstić information content (AvgIpc) is 3.05. The van der Waals surface area contributed by atoms with Crippen molar-refractivity contribution in [2.45, 2.75) is 51.0 Å². The van der Waals surface area contributed by atoms with Gasteiger partial charge in [-0.05, 0) is 69.4 Å². The summed E-state index contributed by atoms with van der Waals surface area (Å²) in [5.74, 6) is -0.999. The van der Waals surface area contributed by atoms with E-state index in [4.69, 9.17) is 0 Å². The van der Waals surface area contributed by atoms with Crippen LogP contribution in [0.2, 0.25) is 0 Å². The van der Waals surface area contributed by atoms with Crippen LogP contribution in [0, 0.1) is 26.7 Å². The van der Waals surface area contributed by atoms with Gasteiger partial charge in [-0.1, -0.05) is 29.8 Å². The van der Waals surface area contributed by atoms with Crippen LogP contribution < -0.4 is 16.0 Å². The van der Waals surface area contributed by atoms with Crippen LogP contribution in [0.1, 0.15) is 42.0 Å². The molecule has 35 heavy (non-hydrogen) atoms. The molecule has 0 bridgehead atoms. The molecular weight excluding hydrogens is 468 g/mol. The molecule has 4 amide bonds. The van der Waals surface area contributed by atoms with Gasteiger partial charge in [-0.25, -0.2) is 13.2 Å². The number of sulfonamides is 1. The number of piperidine rings is 1. The van der Waals surface area contributed by atoms with E-state index in [1.807, 2.05) is 32.9 Å². The van der Waals surface area contributed by atoms with Crippen molar-refractivity contribution in [1.29, 1.82) is 0 Å². The number of hydrogen-bond donors (Lipinski definition) is 3. The largest absolute Gasteiger partial charge is 0.326 e. The van der Waals surface area contributed by atoms with Crippen molar-refractivity contribution >= 4 is 33.6 Å². The number of urea groups is 1. The van der Waals surface area contributed by atoms with Crippen molar-refractivity contribution in [2.24, 2.45) is 5.92 Å². The number of nitrogens with one attached hydrogen (secondary N) is 3. The second-order valence-corrected chi connectivity index (χ2v) is 11.4. The zero-order chi connectivity index (χ0) is 25.5. The first-order chi connectivity index (χ1) is 16.4. The summed E-state index contributed by atoms with van der Waals surface area (Å²) in [6.45, 7) is 7.68. The van der Waals surface area contributed by atoms with Crippen molar-refractivity contribution < 1.29 is 22.8 Å². The summed E-state index contributed by atoms with van der Waals surface area (Å²) in [6, 6.07) is 9.96. The molecule has 0 spiro atoms. The number of benzene rings is 2. The third kappa shape index (κ3) is 4.68. The second kappa shape index (κ2) is 9.09. The van der Waals surface area contributed by atoms with E-state index in [1.54, 1.807) is 31.2 Å². The lowest BCUT2D eigenvalue weighted by Gasteiger charge is -2.31. The zero-order valence-corrected chi connectivity index (χ0v) is 21.1. The number of rotatable bonds is 5. The van der Waals surface area contributed by atoms with Gasteiger partial charge >= 0.3 is 6.03 Å². The molecule has 0 aromatic heterocycles. The van der Waals surface area contributed by atoms with E-state index in [9.17, 15) is 22.8 Å². The minimum absolute atomic E-state index is 0.202. The van der Waals surface area contributed by atoms with Gasteiger partial charge in [-0.3, -0.25) is 14.9 Å². The molecule has 2 fully saturated rings. The Morgan fingerprint density at radius 2 is 1.69 bits per heavy atom. The molecular formula is C25H30N4O5S. The van der Waals surface area contributed by atoms with Gasteiger partial charge in [0.1, 0.15) is 5.54 Å². The van der Waals surface area contributed by atoms with Crippen LogP contribution in [0.25, 0.3) is 0 Å². The van der Waals surface area contributed by atoms with Crippen LogP contribution >= 0.6 is 0 Å². The van der Waals surface area contributed by atoms with Gasteiger partial charge in [-0.2, -0.15) is 4.31 Å². The maximum Gasteiger partial charge on any atom is 0.322 e. The van der Waals surface area contributed by atoms with Crippen molar-refractivity contribution in [3.05, 3.63) is 58.7 Å².